The van der Waals surface area contributed by atoms with Gasteiger partial charge in [0.05, 0.1) is 18.1 Å². The Kier molecular flexibility index (Phi) is 15.1. The summed E-state index contributed by atoms with van der Waals surface area (Å²) in [6, 6.07) is 2.06. The van der Waals surface area contributed by atoms with Crippen LogP contribution < -0.4 is 0 Å². The van der Waals surface area contributed by atoms with Crippen molar-refractivity contribution >= 4 is 50.4 Å². The second-order valence-corrected chi connectivity index (χ2v) is 19.7. The number of hydrogen-bond acceptors (Lipinski definition) is 6. The Hall–Kier alpha value is 0.709. The van der Waals surface area contributed by atoms with Gasteiger partial charge in [0.25, 0.3) is 0 Å². The summed E-state index contributed by atoms with van der Waals surface area (Å²) in [5.41, 5.74) is 0. The van der Waals surface area contributed by atoms with Crippen LogP contribution in [0.2, 0.25) is 0 Å². The molecular weight excluding hydrogens is 811 g/mol. The number of fused-ring (bicyclic) bond motifs is 3. The maximum Gasteiger partial charge on any atom is 3.00 e. The van der Waals surface area contributed by atoms with E-state index in [9.17, 15) is 0 Å². The maximum absolute atomic E-state index is 5.02. The first-order chi connectivity index (χ1) is 22.7. The minimum absolute atomic E-state index is 0. The monoisotopic (exact) mass is 873 g/mol. The number of aliphatic imine (C=N–C) groups is 3. The molecule has 0 aromatic carbocycles. The quantitative estimate of drug-likeness (QED) is 0.265. The summed E-state index contributed by atoms with van der Waals surface area (Å²) in [7, 11) is 0. The summed E-state index contributed by atoms with van der Waals surface area (Å²) in [6.45, 7) is 2.40. The predicted octanol–water partition coefficient (Wildman–Crippen LogP) is 11.8. The normalized spacial score (nSPS) is 41.2. The molecule has 0 N–H and O–H groups in total. The van der Waals surface area contributed by atoms with Gasteiger partial charge in [-0.3, -0.25) is 15.0 Å². The molecule has 10 unspecified atom stereocenters. The van der Waals surface area contributed by atoms with E-state index < -0.39 is 0 Å². The van der Waals surface area contributed by atoms with Crippen LogP contribution >= 0.6 is 35.3 Å². The van der Waals surface area contributed by atoms with Gasteiger partial charge >= 0.3 is 20.1 Å². The molecule has 3 heterocycles. The molecule has 7 heteroatoms. The third-order valence-electron chi connectivity index (χ3n) is 12.3. The molecule has 0 radical (unpaired) electrons. The Labute approximate surface area is 314 Å². The van der Waals surface area contributed by atoms with E-state index in [0.717, 1.165) is 33.5 Å². The average Bonchev–Trinajstić information content (AvgIpc) is 3.86. The first-order valence-corrected chi connectivity index (χ1v) is 22.6. The van der Waals surface area contributed by atoms with Gasteiger partial charge in [-0.25, -0.2) is 0 Å². The van der Waals surface area contributed by atoms with Gasteiger partial charge in [-0.05, 0) is 44.4 Å². The van der Waals surface area contributed by atoms with E-state index in [-0.39, 0.29) is 20.1 Å². The smallest absolute Gasteiger partial charge is 0.319 e. The minimum Gasteiger partial charge on any atom is -0.319 e. The SMILES string of the molecule is CC1CC[CH-]C(C2=NC3CCCCC3S2)C1.[CH-]1CCCCC1C1=NC2CCCCC2S1.[CH-]1CCCCC1C1=NC2CCCCC2S1.[Ir+3]. The van der Waals surface area contributed by atoms with Gasteiger partial charge < -0.3 is 19.3 Å². The third-order valence-corrected chi connectivity index (χ3v) is 16.8. The van der Waals surface area contributed by atoms with Crippen molar-refractivity contribution in [1.29, 1.82) is 0 Å². The molecule has 9 aliphatic rings. The van der Waals surface area contributed by atoms with Crippen LogP contribution in [0.4, 0.5) is 0 Å². The number of rotatable bonds is 3. The van der Waals surface area contributed by atoms with E-state index in [2.05, 4.69) is 61.5 Å². The largest absolute Gasteiger partial charge is 3.00 e. The maximum atomic E-state index is 5.02. The van der Waals surface area contributed by atoms with E-state index in [0.29, 0.717) is 24.0 Å². The molecule has 3 aliphatic heterocycles. The van der Waals surface area contributed by atoms with Crippen LogP contribution in [-0.2, 0) is 20.1 Å². The fraction of sp³-hybridized carbons (Fsp3) is 0.850. The Morgan fingerprint density at radius 3 is 1.21 bits per heavy atom. The summed E-state index contributed by atoms with van der Waals surface area (Å²) in [5, 5.41) is 7.02. The van der Waals surface area contributed by atoms with Crippen LogP contribution in [0.1, 0.15) is 155 Å². The molecule has 10 atom stereocenters. The molecule has 6 fully saturated rings. The zero-order valence-corrected chi connectivity index (χ0v) is 34.0. The van der Waals surface area contributed by atoms with Crippen molar-refractivity contribution in [3.63, 3.8) is 0 Å². The first kappa shape index (κ1) is 37.5. The van der Waals surface area contributed by atoms with Crippen molar-refractivity contribution < 1.29 is 20.1 Å². The van der Waals surface area contributed by atoms with E-state index in [1.54, 1.807) is 0 Å². The first-order valence-electron chi connectivity index (χ1n) is 19.9. The van der Waals surface area contributed by atoms with Gasteiger partial charge in [-0.1, -0.05) is 96.8 Å². The fourth-order valence-electron chi connectivity index (χ4n) is 9.45. The number of thioether (sulfide) groups is 3. The molecule has 0 amide bonds. The zero-order chi connectivity index (χ0) is 31.1. The third kappa shape index (κ3) is 10.2. The Morgan fingerprint density at radius 2 is 0.830 bits per heavy atom. The molecule has 9 rings (SSSR count). The van der Waals surface area contributed by atoms with Gasteiger partial charge in [-0.15, -0.1) is 53.0 Å². The number of hydrogen-bond donors (Lipinski definition) is 0. The molecule has 6 saturated carbocycles. The summed E-state index contributed by atoms with van der Waals surface area (Å²) in [4.78, 5) is 15.0. The van der Waals surface area contributed by atoms with Crippen LogP contribution in [-0.4, -0.2) is 49.0 Å². The molecule has 0 saturated heterocycles. The van der Waals surface area contributed by atoms with Crippen molar-refractivity contribution in [2.45, 2.75) is 188 Å². The molecule has 3 nitrogen and oxygen atoms in total. The standard InChI is InChI=1S/C14H22NS.2C13H20NS.Ir/c1-10-5-4-6-11(9-10)14-15-12-7-2-3-8-13(12)16-14;2*1-2-6-10(7-3-1)13-14-11-8-4-5-9-12(11)15-13;/h6,10-13H,2-5,7-9H2,1H3;2*6,10-12H,1-5,7-9H2;/q3*-1;+3. The van der Waals surface area contributed by atoms with Crippen LogP contribution in [0, 0.1) is 42.9 Å². The van der Waals surface area contributed by atoms with Gasteiger partial charge in [-0.2, -0.15) is 19.3 Å². The van der Waals surface area contributed by atoms with Crippen LogP contribution in [0.15, 0.2) is 15.0 Å². The molecular formula is C40H62IrN3S3. The van der Waals surface area contributed by atoms with Gasteiger partial charge in [0.2, 0.25) is 0 Å². The zero-order valence-electron chi connectivity index (χ0n) is 29.2. The van der Waals surface area contributed by atoms with Crippen LogP contribution in [0.25, 0.3) is 0 Å². The van der Waals surface area contributed by atoms with E-state index >= 15 is 0 Å². The van der Waals surface area contributed by atoms with Gasteiger partial charge in [0, 0.05) is 30.9 Å². The molecule has 6 aliphatic carbocycles. The average molecular weight is 873 g/mol. The van der Waals surface area contributed by atoms with Gasteiger partial charge in [0.1, 0.15) is 0 Å². The predicted molar refractivity (Wildman–Crippen MR) is 207 cm³/mol. The summed E-state index contributed by atoms with van der Waals surface area (Å²) in [6.07, 6.45) is 39.4. The molecule has 0 aromatic rings. The summed E-state index contributed by atoms with van der Waals surface area (Å²) < 4.78 is 0. The second-order valence-electron chi connectivity index (χ2n) is 15.9. The van der Waals surface area contributed by atoms with Crippen molar-refractivity contribution in [2.75, 3.05) is 0 Å². The topological polar surface area (TPSA) is 37.1 Å². The number of nitrogens with zero attached hydrogens (tertiary/aromatic N) is 3. The summed E-state index contributed by atoms with van der Waals surface area (Å²) in [5.74, 6) is 3.07. The molecule has 0 spiro atoms. The fourth-order valence-corrected chi connectivity index (χ4v) is 14.0. The Morgan fingerprint density at radius 1 is 0.447 bits per heavy atom. The molecule has 0 aromatic heterocycles. The summed E-state index contributed by atoms with van der Waals surface area (Å²) >= 11 is 6.36. The van der Waals surface area contributed by atoms with E-state index in [1.807, 2.05) is 0 Å². The second kappa shape index (κ2) is 19.0. The van der Waals surface area contributed by atoms with Crippen molar-refractivity contribution in [2.24, 2.45) is 38.6 Å². The van der Waals surface area contributed by atoms with Gasteiger partial charge in [0.15, 0.2) is 0 Å². The van der Waals surface area contributed by atoms with Crippen LogP contribution in [0.3, 0.4) is 0 Å². The van der Waals surface area contributed by atoms with Crippen molar-refractivity contribution in [3.05, 3.63) is 19.3 Å². The van der Waals surface area contributed by atoms with E-state index in [4.69, 9.17) is 15.0 Å². The minimum atomic E-state index is 0. The van der Waals surface area contributed by atoms with E-state index in [1.165, 1.54) is 163 Å². The van der Waals surface area contributed by atoms with Crippen molar-refractivity contribution in [1.82, 2.24) is 0 Å². The Bertz CT molecular complexity index is 1010. The molecule has 47 heavy (non-hydrogen) atoms. The van der Waals surface area contributed by atoms with Crippen molar-refractivity contribution in [3.8, 4) is 0 Å². The molecule has 0 bridgehead atoms. The van der Waals surface area contributed by atoms with Crippen LogP contribution in [0.5, 0.6) is 0 Å². The Balaban J connectivity index is 0.000000122. The molecule has 264 valence electrons.